The number of rotatable bonds is 5. The summed E-state index contributed by atoms with van der Waals surface area (Å²) in [5.74, 6) is 0.234. The van der Waals surface area contributed by atoms with Crippen LogP contribution in [0, 0.1) is 5.92 Å². The van der Waals surface area contributed by atoms with Gasteiger partial charge in [0, 0.05) is 6.92 Å². The summed E-state index contributed by atoms with van der Waals surface area (Å²) in [6.45, 7) is 4.10. The van der Waals surface area contributed by atoms with E-state index in [0.717, 1.165) is 12.8 Å². The molecule has 2 heteroatoms. The predicted molar refractivity (Wildman–Crippen MR) is 60.6 cm³/mol. The molecule has 1 atom stereocenters. The van der Waals surface area contributed by atoms with E-state index in [-0.39, 0.29) is 5.97 Å². The Hall–Kier alpha value is -1.31. The van der Waals surface area contributed by atoms with E-state index in [0.29, 0.717) is 12.5 Å². The Balaban J connectivity index is 2.43. The van der Waals surface area contributed by atoms with E-state index in [1.165, 1.54) is 12.5 Å². The third kappa shape index (κ3) is 4.63. The lowest BCUT2D eigenvalue weighted by Gasteiger charge is -2.14. The van der Waals surface area contributed by atoms with Crippen molar-refractivity contribution >= 4 is 5.97 Å². The maximum Gasteiger partial charge on any atom is 0.302 e. The molecule has 0 N–H and O–H groups in total. The highest BCUT2D eigenvalue weighted by Gasteiger charge is 2.08. The van der Waals surface area contributed by atoms with E-state index in [4.69, 9.17) is 4.74 Å². The summed E-state index contributed by atoms with van der Waals surface area (Å²) >= 11 is 0. The summed E-state index contributed by atoms with van der Waals surface area (Å²) in [6.07, 6.45) is 2.01. The van der Waals surface area contributed by atoms with Gasteiger partial charge >= 0.3 is 5.97 Å². The highest BCUT2D eigenvalue weighted by molar-refractivity contribution is 5.65. The molecule has 0 fully saturated rings. The van der Waals surface area contributed by atoms with E-state index >= 15 is 0 Å². The zero-order valence-corrected chi connectivity index (χ0v) is 9.40. The molecule has 0 radical (unpaired) electrons. The molecule has 0 saturated carbocycles. The fourth-order valence-corrected chi connectivity index (χ4v) is 1.50. The average Bonchev–Trinajstić information content (AvgIpc) is 2.25. The van der Waals surface area contributed by atoms with Gasteiger partial charge in [0.15, 0.2) is 0 Å². The summed E-state index contributed by atoms with van der Waals surface area (Å²) in [7, 11) is 0. The molecule has 0 aromatic heterocycles. The van der Waals surface area contributed by atoms with E-state index < -0.39 is 0 Å². The van der Waals surface area contributed by atoms with Crippen molar-refractivity contribution in [1.29, 1.82) is 0 Å². The van der Waals surface area contributed by atoms with Gasteiger partial charge in [0.05, 0.1) is 6.61 Å². The van der Waals surface area contributed by atoms with Gasteiger partial charge in [-0.2, -0.15) is 0 Å². The molecule has 0 spiro atoms. The number of carbonyl (C=O) groups excluding carboxylic acids is 1. The van der Waals surface area contributed by atoms with E-state index in [1.54, 1.807) is 0 Å². The Kier molecular flexibility index (Phi) is 4.88. The van der Waals surface area contributed by atoms with Crippen LogP contribution in [0.3, 0.4) is 0 Å². The third-order valence-electron chi connectivity index (χ3n) is 2.47. The van der Waals surface area contributed by atoms with Crippen LogP contribution < -0.4 is 0 Å². The molecule has 0 bridgehead atoms. The predicted octanol–water partition coefficient (Wildman–Crippen LogP) is 2.82. The Labute approximate surface area is 91.3 Å². The van der Waals surface area contributed by atoms with E-state index in [2.05, 4.69) is 19.1 Å². The second kappa shape index (κ2) is 6.23. The first kappa shape index (κ1) is 11.8. The second-order valence-corrected chi connectivity index (χ2v) is 3.77. The van der Waals surface area contributed by atoms with Crippen LogP contribution in [0.15, 0.2) is 30.3 Å². The van der Waals surface area contributed by atoms with Crippen LogP contribution in [0.25, 0.3) is 0 Å². The van der Waals surface area contributed by atoms with Gasteiger partial charge < -0.3 is 4.74 Å². The van der Waals surface area contributed by atoms with Crippen LogP contribution in [0.1, 0.15) is 25.8 Å². The lowest BCUT2D eigenvalue weighted by molar-refractivity contribution is -0.142. The fraction of sp³-hybridized carbons (Fsp3) is 0.462. The van der Waals surface area contributed by atoms with Crippen molar-refractivity contribution in [3.8, 4) is 0 Å². The maximum atomic E-state index is 10.7. The number of benzene rings is 1. The topological polar surface area (TPSA) is 26.3 Å². The first-order valence-corrected chi connectivity index (χ1v) is 5.39. The summed E-state index contributed by atoms with van der Waals surface area (Å²) in [4.78, 5) is 10.7. The second-order valence-electron chi connectivity index (χ2n) is 3.77. The summed E-state index contributed by atoms with van der Waals surface area (Å²) in [6, 6.07) is 10.3. The summed E-state index contributed by atoms with van der Waals surface area (Å²) in [5.41, 5.74) is 1.30. The van der Waals surface area contributed by atoms with Crippen molar-refractivity contribution < 1.29 is 9.53 Å². The zero-order chi connectivity index (χ0) is 11.1. The summed E-state index contributed by atoms with van der Waals surface area (Å²) in [5, 5.41) is 0. The molecule has 1 aromatic rings. The van der Waals surface area contributed by atoms with Crippen molar-refractivity contribution in [3.05, 3.63) is 35.9 Å². The zero-order valence-electron chi connectivity index (χ0n) is 9.40. The number of ether oxygens (including phenoxy) is 1. The Morgan fingerprint density at radius 2 is 2.00 bits per heavy atom. The van der Waals surface area contributed by atoms with Crippen LogP contribution in [-0.2, 0) is 16.0 Å². The lowest BCUT2D eigenvalue weighted by atomic mass is 9.98. The van der Waals surface area contributed by atoms with Crippen LogP contribution >= 0.6 is 0 Å². The molecule has 0 amide bonds. The first-order chi connectivity index (χ1) is 7.22. The minimum Gasteiger partial charge on any atom is -0.466 e. The molecule has 1 rings (SSSR count). The van der Waals surface area contributed by atoms with Crippen molar-refractivity contribution in [2.75, 3.05) is 6.61 Å². The number of hydrogen-bond donors (Lipinski definition) is 0. The molecule has 0 unspecified atom stereocenters. The maximum absolute atomic E-state index is 10.7. The van der Waals surface area contributed by atoms with E-state index in [1.807, 2.05) is 18.2 Å². The lowest BCUT2D eigenvalue weighted by Crippen LogP contribution is -2.14. The van der Waals surface area contributed by atoms with Gasteiger partial charge in [-0.15, -0.1) is 0 Å². The first-order valence-electron chi connectivity index (χ1n) is 5.39. The Bertz CT molecular complexity index is 293. The van der Waals surface area contributed by atoms with Gasteiger partial charge in [-0.05, 0) is 24.3 Å². The van der Waals surface area contributed by atoms with Crippen molar-refractivity contribution in [1.82, 2.24) is 0 Å². The van der Waals surface area contributed by atoms with Crippen LogP contribution in [0.4, 0.5) is 0 Å². The SMILES string of the molecule is CC[C@H](COC(C)=O)Cc1ccccc1. The van der Waals surface area contributed by atoms with Gasteiger partial charge in [-0.1, -0.05) is 37.3 Å². The normalized spacial score (nSPS) is 12.1. The number of esters is 1. The molecular weight excluding hydrogens is 188 g/mol. The average molecular weight is 206 g/mol. The van der Waals surface area contributed by atoms with Crippen molar-refractivity contribution in [2.24, 2.45) is 5.92 Å². The molecule has 0 saturated heterocycles. The minimum atomic E-state index is -0.193. The molecule has 0 aliphatic heterocycles. The molecule has 15 heavy (non-hydrogen) atoms. The third-order valence-corrected chi connectivity index (χ3v) is 2.47. The van der Waals surface area contributed by atoms with Gasteiger partial charge in [0.1, 0.15) is 0 Å². The Morgan fingerprint density at radius 3 is 2.53 bits per heavy atom. The summed E-state index contributed by atoms with van der Waals surface area (Å²) < 4.78 is 5.03. The van der Waals surface area contributed by atoms with Gasteiger partial charge in [0.25, 0.3) is 0 Å². The highest BCUT2D eigenvalue weighted by atomic mass is 16.5. The fourth-order valence-electron chi connectivity index (χ4n) is 1.50. The van der Waals surface area contributed by atoms with Crippen LogP contribution in [0.2, 0.25) is 0 Å². The van der Waals surface area contributed by atoms with E-state index in [9.17, 15) is 4.79 Å². The minimum absolute atomic E-state index is 0.193. The smallest absolute Gasteiger partial charge is 0.302 e. The van der Waals surface area contributed by atoms with Crippen LogP contribution in [0.5, 0.6) is 0 Å². The monoisotopic (exact) mass is 206 g/mol. The van der Waals surface area contributed by atoms with Gasteiger partial charge in [-0.25, -0.2) is 0 Å². The molecule has 0 heterocycles. The molecule has 0 aliphatic carbocycles. The molecule has 0 aliphatic rings. The van der Waals surface area contributed by atoms with Crippen molar-refractivity contribution in [3.63, 3.8) is 0 Å². The van der Waals surface area contributed by atoms with Crippen molar-refractivity contribution in [2.45, 2.75) is 26.7 Å². The standard InChI is InChI=1S/C13H18O2/c1-3-12(10-15-11(2)14)9-13-7-5-4-6-8-13/h4-8,12H,3,9-10H2,1-2H3/t12-/m0/s1. The molecule has 1 aromatic carbocycles. The van der Waals surface area contributed by atoms with Gasteiger partial charge in [-0.3, -0.25) is 4.79 Å². The Morgan fingerprint density at radius 1 is 1.33 bits per heavy atom. The molecular formula is C13H18O2. The molecule has 2 nitrogen and oxygen atoms in total. The van der Waals surface area contributed by atoms with Crippen LogP contribution in [-0.4, -0.2) is 12.6 Å². The highest BCUT2D eigenvalue weighted by Crippen LogP contribution is 2.12. The quantitative estimate of drug-likeness (QED) is 0.692. The largest absolute Gasteiger partial charge is 0.466 e. The molecule has 82 valence electrons. The number of carbonyl (C=O) groups is 1. The number of hydrogen-bond acceptors (Lipinski definition) is 2. The van der Waals surface area contributed by atoms with Gasteiger partial charge in [0.2, 0.25) is 0 Å².